The van der Waals surface area contributed by atoms with Crippen molar-refractivity contribution in [2.45, 2.75) is 31.1 Å². The zero-order valence-corrected chi connectivity index (χ0v) is 10.4. The SMILES string of the molecule is Nc1cccc2c1-c1ccccc1C21CCCC1. The van der Waals surface area contributed by atoms with Crippen LogP contribution in [-0.2, 0) is 5.41 Å². The maximum atomic E-state index is 6.24. The zero-order valence-electron chi connectivity index (χ0n) is 10.4. The molecule has 0 saturated heterocycles. The van der Waals surface area contributed by atoms with Crippen LogP contribution in [0.5, 0.6) is 0 Å². The molecular formula is C17H17N. The van der Waals surface area contributed by atoms with Gasteiger partial charge < -0.3 is 5.73 Å². The third-order valence-electron chi connectivity index (χ3n) is 4.78. The van der Waals surface area contributed by atoms with Crippen molar-refractivity contribution >= 4 is 5.69 Å². The number of nitrogens with two attached hydrogens (primary N) is 1. The van der Waals surface area contributed by atoms with Gasteiger partial charge in [0.05, 0.1) is 0 Å². The Balaban J connectivity index is 2.12. The van der Waals surface area contributed by atoms with Crippen molar-refractivity contribution in [2.75, 3.05) is 5.73 Å². The van der Waals surface area contributed by atoms with Gasteiger partial charge in [-0.1, -0.05) is 49.2 Å². The van der Waals surface area contributed by atoms with E-state index in [1.54, 1.807) is 0 Å². The van der Waals surface area contributed by atoms with Crippen molar-refractivity contribution in [3.63, 3.8) is 0 Å². The lowest BCUT2D eigenvalue weighted by Crippen LogP contribution is -2.20. The Hall–Kier alpha value is -1.76. The molecule has 1 spiro atoms. The smallest absolute Gasteiger partial charge is 0.0396 e. The minimum absolute atomic E-state index is 0.265. The van der Waals surface area contributed by atoms with Gasteiger partial charge in [-0.3, -0.25) is 0 Å². The van der Waals surface area contributed by atoms with Gasteiger partial charge in [0, 0.05) is 16.7 Å². The Kier molecular flexibility index (Phi) is 1.91. The number of nitrogen functional groups attached to an aromatic ring is 1. The van der Waals surface area contributed by atoms with Gasteiger partial charge in [0.25, 0.3) is 0 Å². The maximum absolute atomic E-state index is 6.24. The van der Waals surface area contributed by atoms with Crippen molar-refractivity contribution in [2.24, 2.45) is 0 Å². The Morgan fingerprint density at radius 3 is 2.39 bits per heavy atom. The normalized spacial score (nSPS) is 18.9. The van der Waals surface area contributed by atoms with Crippen LogP contribution in [0.15, 0.2) is 42.5 Å². The Bertz CT molecular complexity index is 621. The summed E-state index contributed by atoms with van der Waals surface area (Å²) in [5.74, 6) is 0. The minimum Gasteiger partial charge on any atom is -0.398 e. The summed E-state index contributed by atoms with van der Waals surface area (Å²) in [6.07, 6.45) is 5.23. The van der Waals surface area contributed by atoms with E-state index in [9.17, 15) is 0 Å². The van der Waals surface area contributed by atoms with Gasteiger partial charge >= 0.3 is 0 Å². The molecule has 0 aliphatic heterocycles. The summed E-state index contributed by atoms with van der Waals surface area (Å²) in [7, 11) is 0. The fourth-order valence-corrected chi connectivity index (χ4v) is 4.05. The molecule has 0 atom stereocenters. The standard InChI is InChI=1S/C17H17N/c18-15-9-5-8-14-16(15)12-6-1-2-7-13(12)17(14)10-3-4-11-17/h1-2,5-9H,3-4,10-11,18H2. The molecule has 2 aromatic rings. The topological polar surface area (TPSA) is 26.0 Å². The first-order valence-corrected chi connectivity index (χ1v) is 6.82. The highest BCUT2D eigenvalue weighted by Gasteiger charge is 2.45. The van der Waals surface area contributed by atoms with Gasteiger partial charge in [-0.05, 0) is 35.6 Å². The average molecular weight is 235 g/mol. The number of hydrogen-bond acceptors (Lipinski definition) is 1. The van der Waals surface area contributed by atoms with E-state index in [1.165, 1.54) is 47.9 Å². The molecule has 2 aliphatic rings. The summed E-state index contributed by atoms with van der Waals surface area (Å²) < 4.78 is 0. The first-order chi connectivity index (χ1) is 8.83. The van der Waals surface area contributed by atoms with Crippen LogP contribution < -0.4 is 5.73 Å². The van der Waals surface area contributed by atoms with Crippen LogP contribution in [0, 0.1) is 0 Å². The van der Waals surface area contributed by atoms with Crippen molar-refractivity contribution in [3.05, 3.63) is 53.6 Å². The molecule has 4 rings (SSSR count). The average Bonchev–Trinajstić information content (AvgIpc) is 2.98. The fraction of sp³-hybridized carbons (Fsp3) is 0.294. The van der Waals surface area contributed by atoms with Gasteiger partial charge in [-0.25, -0.2) is 0 Å². The summed E-state index contributed by atoms with van der Waals surface area (Å²) in [5, 5.41) is 0. The molecular weight excluding hydrogens is 218 g/mol. The molecule has 2 aliphatic carbocycles. The molecule has 90 valence electrons. The Morgan fingerprint density at radius 2 is 1.56 bits per heavy atom. The largest absolute Gasteiger partial charge is 0.398 e. The molecule has 1 heteroatoms. The van der Waals surface area contributed by atoms with Crippen LogP contribution in [0.1, 0.15) is 36.8 Å². The van der Waals surface area contributed by atoms with E-state index in [0.29, 0.717) is 0 Å². The van der Waals surface area contributed by atoms with Crippen LogP contribution in [0.3, 0.4) is 0 Å². The lowest BCUT2D eigenvalue weighted by atomic mass is 9.77. The lowest BCUT2D eigenvalue weighted by molar-refractivity contribution is 0.550. The van der Waals surface area contributed by atoms with E-state index < -0.39 is 0 Å². The Labute approximate surface area is 108 Å². The first-order valence-electron chi connectivity index (χ1n) is 6.82. The van der Waals surface area contributed by atoms with Gasteiger partial charge in [-0.15, -0.1) is 0 Å². The van der Waals surface area contributed by atoms with E-state index in [4.69, 9.17) is 5.73 Å². The van der Waals surface area contributed by atoms with Crippen molar-refractivity contribution in [1.82, 2.24) is 0 Å². The van der Waals surface area contributed by atoms with E-state index in [-0.39, 0.29) is 5.41 Å². The molecule has 1 nitrogen and oxygen atoms in total. The van der Waals surface area contributed by atoms with E-state index >= 15 is 0 Å². The highest BCUT2D eigenvalue weighted by atomic mass is 14.6. The highest BCUT2D eigenvalue weighted by molar-refractivity contribution is 5.89. The summed E-state index contributed by atoms with van der Waals surface area (Å²) in [4.78, 5) is 0. The van der Waals surface area contributed by atoms with Crippen molar-refractivity contribution in [1.29, 1.82) is 0 Å². The maximum Gasteiger partial charge on any atom is 0.0396 e. The molecule has 1 fully saturated rings. The number of benzene rings is 2. The predicted molar refractivity (Wildman–Crippen MR) is 75.5 cm³/mol. The zero-order chi connectivity index (χ0) is 12.2. The quantitative estimate of drug-likeness (QED) is 0.683. The van der Waals surface area contributed by atoms with Gasteiger partial charge in [0.15, 0.2) is 0 Å². The monoisotopic (exact) mass is 235 g/mol. The minimum atomic E-state index is 0.265. The van der Waals surface area contributed by atoms with Gasteiger partial charge in [-0.2, -0.15) is 0 Å². The molecule has 0 unspecified atom stereocenters. The van der Waals surface area contributed by atoms with E-state index in [1.807, 2.05) is 6.07 Å². The van der Waals surface area contributed by atoms with Crippen LogP contribution >= 0.6 is 0 Å². The van der Waals surface area contributed by atoms with Gasteiger partial charge in [0.1, 0.15) is 0 Å². The lowest BCUT2D eigenvalue weighted by Gasteiger charge is -2.26. The Morgan fingerprint density at radius 1 is 0.833 bits per heavy atom. The van der Waals surface area contributed by atoms with Crippen molar-refractivity contribution < 1.29 is 0 Å². The van der Waals surface area contributed by atoms with Crippen LogP contribution in [0.2, 0.25) is 0 Å². The van der Waals surface area contributed by atoms with E-state index in [2.05, 4.69) is 36.4 Å². The third kappa shape index (κ3) is 1.07. The molecule has 2 N–H and O–H groups in total. The second kappa shape index (κ2) is 3.38. The highest BCUT2D eigenvalue weighted by Crippen LogP contribution is 2.57. The summed E-state index contributed by atoms with van der Waals surface area (Å²) >= 11 is 0. The summed E-state index contributed by atoms with van der Waals surface area (Å²) in [5.41, 5.74) is 13.1. The fourth-order valence-electron chi connectivity index (χ4n) is 4.05. The molecule has 0 bridgehead atoms. The molecule has 0 radical (unpaired) electrons. The van der Waals surface area contributed by atoms with Crippen LogP contribution in [0.4, 0.5) is 5.69 Å². The number of rotatable bonds is 0. The molecule has 0 aromatic heterocycles. The summed E-state index contributed by atoms with van der Waals surface area (Å²) in [6.45, 7) is 0. The molecule has 0 amide bonds. The number of anilines is 1. The second-order valence-electron chi connectivity index (χ2n) is 5.60. The first kappa shape index (κ1) is 10.2. The van der Waals surface area contributed by atoms with Crippen LogP contribution in [0.25, 0.3) is 11.1 Å². The van der Waals surface area contributed by atoms with Gasteiger partial charge in [0.2, 0.25) is 0 Å². The van der Waals surface area contributed by atoms with Crippen LogP contribution in [-0.4, -0.2) is 0 Å². The second-order valence-corrected chi connectivity index (χ2v) is 5.60. The van der Waals surface area contributed by atoms with Crippen molar-refractivity contribution in [3.8, 4) is 11.1 Å². The molecule has 18 heavy (non-hydrogen) atoms. The molecule has 0 heterocycles. The molecule has 2 aromatic carbocycles. The number of hydrogen-bond donors (Lipinski definition) is 1. The molecule has 1 saturated carbocycles. The predicted octanol–water partition coefficient (Wildman–Crippen LogP) is 4.11. The van der Waals surface area contributed by atoms with E-state index in [0.717, 1.165) is 5.69 Å². The third-order valence-corrected chi connectivity index (χ3v) is 4.78. The number of fused-ring (bicyclic) bond motifs is 5. The summed E-state index contributed by atoms with van der Waals surface area (Å²) in [6, 6.07) is 15.3.